The lowest BCUT2D eigenvalue weighted by Crippen LogP contribution is -2.35. The summed E-state index contributed by atoms with van der Waals surface area (Å²) in [5.74, 6) is 0.587. The molecule has 12 heteroatoms. The van der Waals surface area contributed by atoms with Gasteiger partial charge in [0, 0.05) is 30.0 Å². The molecule has 1 N–H and O–H groups in total. The van der Waals surface area contributed by atoms with E-state index < -0.39 is 8.53 Å². The quantitative estimate of drug-likeness (QED) is 0.225. The number of aromatic nitrogens is 4. The van der Waals surface area contributed by atoms with E-state index in [1.807, 2.05) is 22.8 Å². The van der Waals surface area contributed by atoms with Gasteiger partial charge in [-0.25, -0.2) is 19.6 Å². The molecule has 218 valence electrons. The van der Waals surface area contributed by atoms with Gasteiger partial charge in [-0.05, 0) is 52.2 Å². The first-order chi connectivity index (χ1) is 19.8. The molecular formula is C29H38N7O4P. The molecule has 1 aliphatic carbocycles. The van der Waals surface area contributed by atoms with Gasteiger partial charge in [0.1, 0.15) is 12.6 Å². The molecule has 1 amide bonds. The Morgan fingerprint density at radius 1 is 1.20 bits per heavy atom. The Bertz CT molecular complexity index is 1370. The maximum Gasteiger partial charge on any atom is 0.259 e. The summed E-state index contributed by atoms with van der Waals surface area (Å²) in [4.78, 5) is 26.1. The topological polar surface area (TPSA) is 127 Å². The van der Waals surface area contributed by atoms with Crippen LogP contribution in [-0.4, -0.2) is 61.0 Å². The minimum atomic E-state index is -1.34. The molecule has 2 aromatic heterocycles. The van der Waals surface area contributed by atoms with Crippen molar-refractivity contribution in [1.82, 2.24) is 24.2 Å². The lowest BCUT2D eigenvalue weighted by Gasteiger charge is -2.37. The van der Waals surface area contributed by atoms with E-state index in [4.69, 9.17) is 19.0 Å². The minimum Gasteiger partial charge on any atom is -0.354 e. The number of nitrogens with one attached hydrogen (secondary N) is 1. The SMILES string of the molecule is CC(C)N(C(C)C)P(OCCC#N)O[C@@H]1C[C@@H](C)[C@H]2O[C@@H](n3cnc4c(NC(=O)c5ccccc5)ncnc43)C[C@H]21. The van der Waals surface area contributed by atoms with Crippen molar-refractivity contribution >= 4 is 31.4 Å². The number of fused-ring (bicyclic) bond motifs is 2. The van der Waals surface area contributed by atoms with Gasteiger partial charge in [-0.3, -0.25) is 9.36 Å². The zero-order valence-corrected chi connectivity index (χ0v) is 25.1. The number of carbonyl (C=O) groups is 1. The van der Waals surface area contributed by atoms with Crippen LogP contribution in [0.1, 0.15) is 70.5 Å². The van der Waals surface area contributed by atoms with Crippen molar-refractivity contribution in [3.05, 3.63) is 48.5 Å². The van der Waals surface area contributed by atoms with Crippen LogP contribution in [-0.2, 0) is 13.8 Å². The highest BCUT2D eigenvalue weighted by Gasteiger charge is 2.51. The summed E-state index contributed by atoms with van der Waals surface area (Å²) in [5.41, 5.74) is 1.65. The number of rotatable bonds is 11. The molecule has 0 bridgehead atoms. The molecule has 0 spiro atoms. The van der Waals surface area contributed by atoms with E-state index in [1.54, 1.807) is 18.5 Å². The first-order valence-electron chi connectivity index (χ1n) is 14.2. The molecule has 0 radical (unpaired) electrons. The summed E-state index contributed by atoms with van der Waals surface area (Å²) in [6.07, 6.45) is 4.83. The van der Waals surface area contributed by atoms with E-state index in [0.717, 1.165) is 12.8 Å². The van der Waals surface area contributed by atoms with Gasteiger partial charge in [-0.1, -0.05) is 25.1 Å². The first-order valence-corrected chi connectivity index (χ1v) is 15.4. The average Bonchev–Trinajstić information content (AvgIpc) is 3.64. The second kappa shape index (κ2) is 12.9. The highest BCUT2D eigenvalue weighted by atomic mass is 31.2. The van der Waals surface area contributed by atoms with E-state index in [9.17, 15) is 4.79 Å². The smallest absolute Gasteiger partial charge is 0.259 e. The molecule has 6 atom stereocenters. The zero-order chi connectivity index (χ0) is 29.1. The molecular weight excluding hydrogens is 541 g/mol. The lowest BCUT2D eigenvalue weighted by molar-refractivity contribution is -0.0178. The van der Waals surface area contributed by atoms with E-state index in [-0.39, 0.29) is 42.3 Å². The maximum atomic E-state index is 12.8. The second-order valence-corrected chi connectivity index (χ2v) is 12.6. The molecule has 41 heavy (non-hydrogen) atoms. The minimum absolute atomic E-state index is 0.0293. The fourth-order valence-corrected chi connectivity index (χ4v) is 7.71. The Morgan fingerprint density at radius 2 is 1.95 bits per heavy atom. The standard InChI is InChI=1S/C29H38N7O4P/c1-18(2)36(19(3)4)41(38-13-9-12-30)40-23-14-20(5)26-22(23)15-24(39-26)35-17-33-25-27(31-16-32-28(25)35)34-29(37)21-10-7-6-8-11-21/h6-8,10-11,16-20,22-24,26H,9,13-15H2,1-5H3,(H,31,32,34,37)/t20-,22+,23-,24-,26-,41?/m1/s1. The third-order valence-corrected chi connectivity index (χ3v) is 9.83. The molecule has 2 aliphatic rings. The van der Waals surface area contributed by atoms with Gasteiger partial charge in [-0.15, -0.1) is 0 Å². The molecule has 11 nitrogen and oxygen atoms in total. The van der Waals surface area contributed by atoms with E-state index in [1.165, 1.54) is 6.33 Å². The molecule has 1 aromatic carbocycles. The number of carbonyl (C=O) groups excluding carboxylic acids is 1. The molecule has 3 aromatic rings. The number of imidazole rings is 1. The monoisotopic (exact) mass is 579 g/mol. The van der Waals surface area contributed by atoms with Gasteiger partial charge in [-0.2, -0.15) is 5.26 Å². The van der Waals surface area contributed by atoms with Gasteiger partial charge in [0.15, 0.2) is 17.0 Å². The Labute approximate surface area is 242 Å². The van der Waals surface area contributed by atoms with Crippen molar-refractivity contribution in [3.63, 3.8) is 0 Å². The van der Waals surface area contributed by atoms with Crippen molar-refractivity contribution < 1.29 is 18.6 Å². The van der Waals surface area contributed by atoms with Crippen molar-refractivity contribution in [2.75, 3.05) is 11.9 Å². The summed E-state index contributed by atoms with van der Waals surface area (Å²) in [7, 11) is -1.34. The third kappa shape index (κ3) is 6.27. The van der Waals surface area contributed by atoms with Crippen LogP contribution in [0.3, 0.4) is 0 Å². The highest BCUT2D eigenvalue weighted by Crippen LogP contribution is 2.54. The Morgan fingerprint density at radius 3 is 2.66 bits per heavy atom. The van der Waals surface area contributed by atoms with Gasteiger partial charge < -0.3 is 19.1 Å². The number of hydrogen-bond donors (Lipinski definition) is 1. The van der Waals surface area contributed by atoms with Gasteiger partial charge >= 0.3 is 0 Å². The number of benzene rings is 1. The molecule has 1 saturated carbocycles. The molecule has 1 saturated heterocycles. The largest absolute Gasteiger partial charge is 0.354 e. The third-order valence-electron chi connectivity index (χ3n) is 7.68. The van der Waals surface area contributed by atoms with Crippen LogP contribution in [0.2, 0.25) is 0 Å². The van der Waals surface area contributed by atoms with Crippen LogP contribution in [0, 0.1) is 23.2 Å². The Balaban J connectivity index is 1.33. The average molecular weight is 580 g/mol. The number of nitriles is 1. The van der Waals surface area contributed by atoms with Crippen LogP contribution < -0.4 is 5.32 Å². The number of ether oxygens (including phenoxy) is 1. The highest BCUT2D eigenvalue weighted by molar-refractivity contribution is 7.44. The number of hydrogen-bond acceptors (Lipinski definition) is 9. The van der Waals surface area contributed by atoms with Gasteiger partial charge in [0.05, 0.1) is 37.6 Å². The lowest BCUT2D eigenvalue weighted by atomic mass is 10.0. The predicted octanol–water partition coefficient (Wildman–Crippen LogP) is 5.68. The van der Waals surface area contributed by atoms with Crippen molar-refractivity contribution in [2.45, 2.75) is 84.4 Å². The fourth-order valence-electron chi connectivity index (χ4n) is 5.93. The van der Waals surface area contributed by atoms with Crippen LogP contribution in [0.4, 0.5) is 5.82 Å². The molecule has 1 aliphatic heterocycles. The molecule has 2 fully saturated rings. The molecule has 3 heterocycles. The van der Waals surface area contributed by atoms with Crippen LogP contribution >= 0.6 is 8.53 Å². The number of anilines is 1. The summed E-state index contributed by atoms with van der Waals surface area (Å²) >= 11 is 0. The zero-order valence-electron chi connectivity index (χ0n) is 24.2. The summed E-state index contributed by atoms with van der Waals surface area (Å²) < 4.78 is 23.8. The van der Waals surface area contributed by atoms with Crippen molar-refractivity contribution in [3.8, 4) is 6.07 Å². The van der Waals surface area contributed by atoms with Crippen LogP contribution in [0.15, 0.2) is 43.0 Å². The van der Waals surface area contributed by atoms with E-state index in [2.05, 4.69) is 65.6 Å². The second-order valence-electron chi connectivity index (χ2n) is 11.2. The summed E-state index contributed by atoms with van der Waals surface area (Å²) in [6.45, 7) is 11.1. The normalized spacial score (nSPS) is 24.7. The number of amides is 1. The van der Waals surface area contributed by atoms with E-state index in [0.29, 0.717) is 41.5 Å². The Kier molecular flexibility index (Phi) is 9.27. The predicted molar refractivity (Wildman–Crippen MR) is 156 cm³/mol. The summed E-state index contributed by atoms with van der Waals surface area (Å²) in [5, 5.41) is 11.9. The number of nitrogens with zero attached hydrogens (tertiary/aromatic N) is 6. The first kappa shape index (κ1) is 29.5. The molecule has 5 rings (SSSR count). The van der Waals surface area contributed by atoms with E-state index >= 15 is 0 Å². The van der Waals surface area contributed by atoms with Crippen molar-refractivity contribution in [1.29, 1.82) is 5.26 Å². The fraction of sp³-hybridized carbons (Fsp3) is 0.552. The van der Waals surface area contributed by atoms with Gasteiger partial charge in [0.25, 0.3) is 14.4 Å². The van der Waals surface area contributed by atoms with Crippen LogP contribution in [0.5, 0.6) is 0 Å². The maximum absolute atomic E-state index is 12.8. The Hall–Kier alpha value is -3.00. The van der Waals surface area contributed by atoms with Crippen LogP contribution in [0.25, 0.3) is 11.2 Å². The van der Waals surface area contributed by atoms with Crippen molar-refractivity contribution in [2.24, 2.45) is 11.8 Å². The molecule has 1 unspecified atom stereocenters. The summed E-state index contributed by atoms with van der Waals surface area (Å²) in [6, 6.07) is 11.6. The van der Waals surface area contributed by atoms with Gasteiger partial charge in [0.2, 0.25) is 0 Å².